The first-order chi connectivity index (χ1) is 11.7. The van der Waals surface area contributed by atoms with Gasteiger partial charge in [-0.05, 0) is 49.9 Å². The molecule has 1 aromatic carbocycles. The fourth-order valence-corrected chi connectivity index (χ4v) is 3.46. The summed E-state index contributed by atoms with van der Waals surface area (Å²) in [5.41, 5.74) is 0.663. The van der Waals surface area contributed by atoms with Crippen LogP contribution in [0.4, 0.5) is 0 Å². The molecular weight excluding hydrogens is 328 g/mol. The molecule has 24 heavy (non-hydrogen) atoms. The minimum absolute atomic E-state index is 0.0110. The van der Waals surface area contributed by atoms with Crippen LogP contribution in [0.3, 0.4) is 0 Å². The van der Waals surface area contributed by atoms with Crippen LogP contribution in [0.25, 0.3) is 10.9 Å². The number of carbonyl (C=O) groups is 1. The molecule has 0 saturated carbocycles. The van der Waals surface area contributed by atoms with E-state index in [2.05, 4.69) is 4.98 Å². The molecule has 0 spiro atoms. The SMILES string of the molecule is O=C(COc1ccc(Cl)c2cccnc12)N1CCCC1CCCO. The standard InChI is InChI=1S/C18H21ClN2O3/c19-15-7-8-16(18-14(15)6-1-9-20-18)24-12-17(23)21-10-2-4-13(21)5-3-11-22/h1,6-9,13,22H,2-5,10-12H2. The van der Waals surface area contributed by atoms with E-state index in [-0.39, 0.29) is 25.2 Å². The van der Waals surface area contributed by atoms with Crippen LogP contribution in [0.2, 0.25) is 5.02 Å². The van der Waals surface area contributed by atoms with Gasteiger partial charge in [-0.2, -0.15) is 0 Å². The van der Waals surface area contributed by atoms with Crippen molar-refractivity contribution in [2.75, 3.05) is 19.8 Å². The normalized spacial score (nSPS) is 17.4. The van der Waals surface area contributed by atoms with E-state index in [9.17, 15) is 4.79 Å². The first-order valence-electron chi connectivity index (χ1n) is 8.27. The second-order valence-electron chi connectivity index (χ2n) is 5.98. The maximum atomic E-state index is 12.5. The summed E-state index contributed by atoms with van der Waals surface area (Å²) >= 11 is 6.17. The maximum Gasteiger partial charge on any atom is 0.260 e. The molecule has 2 heterocycles. The van der Waals surface area contributed by atoms with Crippen molar-refractivity contribution in [1.82, 2.24) is 9.88 Å². The van der Waals surface area contributed by atoms with Gasteiger partial charge < -0.3 is 14.7 Å². The summed E-state index contributed by atoms with van der Waals surface area (Å²) in [7, 11) is 0. The van der Waals surface area contributed by atoms with Crippen LogP contribution in [0.1, 0.15) is 25.7 Å². The molecule has 0 aliphatic carbocycles. The Morgan fingerprint density at radius 3 is 3.12 bits per heavy atom. The number of fused-ring (bicyclic) bond motifs is 1. The molecule has 1 amide bonds. The third kappa shape index (κ3) is 3.62. The van der Waals surface area contributed by atoms with Gasteiger partial charge in [0.25, 0.3) is 5.91 Å². The smallest absolute Gasteiger partial charge is 0.260 e. The Labute approximate surface area is 146 Å². The molecule has 128 valence electrons. The van der Waals surface area contributed by atoms with Gasteiger partial charge in [0.1, 0.15) is 11.3 Å². The van der Waals surface area contributed by atoms with Gasteiger partial charge >= 0.3 is 0 Å². The quantitative estimate of drug-likeness (QED) is 0.871. The average molecular weight is 349 g/mol. The van der Waals surface area contributed by atoms with E-state index in [0.29, 0.717) is 16.3 Å². The van der Waals surface area contributed by atoms with Crippen LogP contribution in [-0.2, 0) is 4.79 Å². The molecule has 2 aromatic rings. The van der Waals surface area contributed by atoms with Crippen LogP contribution in [0.15, 0.2) is 30.5 Å². The highest BCUT2D eigenvalue weighted by molar-refractivity contribution is 6.35. The molecule has 6 heteroatoms. The minimum Gasteiger partial charge on any atom is -0.481 e. The van der Waals surface area contributed by atoms with Gasteiger partial charge in [-0.15, -0.1) is 0 Å². The number of halogens is 1. The molecule has 3 rings (SSSR count). The van der Waals surface area contributed by atoms with E-state index < -0.39 is 0 Å². The Kier molecular flexibility index (Phi) is 5.53. The second-order valence-corrected chi connectivity index (χ2v) is 6.39. The lowest BCUT2D eigenvalue weighted by Gasteiger charge is -2.24. The molecule has 0 radical (unpaired) electrons. The van der Waals surface area contributed by atoms with Crippen molar-refractivity contribution in [3.8, 4) is 5.75 Å². The van der Waals surface area contributed by atoms with E-state index in [1.54, 1.807) is 18.3 Å². The maximum absolute atomic E-state index is 12.5. The van der Waals surface area contributed by atoms with E-state index in [1.165, 1.54) is 0 Å². The third-order valence-corrected chi connectivity index (χ3v) is 4.75. The Balaban J connectivity index is 1.67. The number of hydrogen-bond acceptors (Lipinski definition) is 4. The number of ether oxygens (including phenoxy) is 1. The molecule has 5 nitrogen and oxygen atoms in total. The van der Waals surface area contributed by atoms with Crippen LogP contribution in [0.5, 0.6) is 5.75 Å². The predicted octanol–water partition coefficient (Wildman–Crippen LogP) is 3.03. The van der Waals surface area contributed by atoms with Crippen molar-refractivity contribution in [3.63, 3.8) is 0 Å². The highest BCUT2D eigenvalue weighted by atomic mass is 35.5. The molecule has 1 saturated heterocycles. The van der Waals surface area contributed by atoms with Gasteiger partial charge in [0, 0.05) is 30.8 Å². The van der Waals surface area contributed by atoms with E-state index in [4.69, 9.17) is 21.4 Å². The van der Waals surface area contributed by atoms with E-state index >= 15 is 0 Å². The lowest BCUT2D eigenvalue weighted by molar-refractivity contribution is -0.134. The van der Waals surface area contributed by atoms with Crippen LogP contribution >= 0.6 is 11.6 Å². The summed E-state index contributed by atoms with van der Waals surface area (Å²) in [5, 5.41) is 10.4. The van der Waals surface area contributed by atoms with Gasteiger partial charge in [-0.3, -0.25) is 9.78 Å². The number of nitrogens with zero attached hydrogens (tertiary/aromatic N) is 2. The minimum atomic E-state index is -0.0190. The van der Waals surface area contributed by atoms with Gasteiger partial charge in [0.05, 0.1) is 5.02 Å². The molecule has 0 bridgehead atoms. The molecule has 1 N–H and O–H groups in total. The predicted molar refractivity (Wildman–Crippen MR) is 93.3 cm³/mol. The topological polar surface area (TPSA) is 62.7 Å². The number of likely N-dealkylation sites (tertiary alicyclic amines) is 1. The van der Waals surface area contributed by atoms with Crippen LogP contribution in [0, 0.1) is 0 Å². The summed E-state index contributed by atoms with van der Waals surface area (Å²) in [6.45, 7) is 0.915. The number of benzene rings is 1. The average Bonchev–Trinajstić information content (AvgIpc) is 3.08. The van der Waals surface area contributed by atoms with Crippen molar-refractivity contribution in [1.29, 1.82) is 0 Å². The van der Waals surface area contributed by atoms with Crippen molar-refractivity contribution >= 4 is 28.4 Å². The molecule has 1 unspecified atom stereocenters. The lowest BCUT2D eigenvalue weighted by Crippen LogP contribution is -2.38. The number of rotatable bonds is 6. The van der Waals surface area contributed by atoms with Gasteiger partial charge in [-0.1, -0.05) is 11.6 Å². The van der Waals surface area contributed by atoms with Gasteiger partial charge in [0.2, 0.25) is 0 Å². The number of pyridine rings is 1. The number of aromatic nitrogens is 1. The first-order valence-corrected chi connectivity index (χ1v) is 8.65. The second kappa shape index (κ2) is 7.81. The highest BCUT2D eigenvalue weighted by Gasteiger charge is 2.28. The van der Waals surface area contributed by atoms with Crippen LogP contribution in [-0.4, -0.2) is 46.7 Å². The number of aliphatic hydroxyl groups excluding tert-OH is 1. The first kappa shape index (κ1) is 17.0. The summed E-state index contributed by atoms with van der Waals surface area (Å²) in [6, 6.07) is 7.42. The summed E-state index contributed by atoms with van der Waals surface area (Å²) < 4.78 is 5.74. The van der Waals surface area contributed by atoms with E-state index in [1.807, 2.05) is 17.0 Å². The lowest BCUT2D eigenvalue weighted by atomic mass is 10.1. The number of aliphatic hydroxyl groups is 1. The van der Waals surface area contributed by atoms with Gasteiger partial charge in [0.15, 0.2) is 6.61 Å². The van der Waals surface area contributed by atoms with Crippen LogP contribution < -0.4 is 4.74 Å². The monoisotopic (exact) mass is 348 g/mol. The fourth-order valence-electron chi connectivity index (χ4n) is 3.24. The fraction of sp³-hybridized carbons (Fsp3) is 0.444. The molecule has 1 aliphatic heterocycles. The number of hydrogen-bond donors (Lipinski definition) is 1. The van der Waals surface area contributed by atoms with Crippen molar-refractivity contribution in [2.24, 2.45) is 0 Å². The largest absolute Gasteiger partial charge is 0.481 e. The summed E-state index contributed by atoms with van der Waals surface area (Å²) in [6.07, 6.45) is 5.25. The van der Waals surface area contributed by atoms with Crippen molar-refractivity contribution < 1.29 is 14.6 Å². The zero-order chi connectivity index (χ0) is 16.9. The third-order valence-electron chi connectivity index (χ3n) is 4.42. The Hall–Kier alpha value is -1.85. The van der Waals surface area contributed by atoms with Crippen molar-refractivity contribution in [2.45, 2.75) is 31.7 Å². The number of carbonyl (C=O) groups excluding carboxylic acids is 1. The van der Waals surface area contributed by atoms with E-state index in [0.717, 1.165) is 37.6 Å². The molecule has 1 fully saturated rings. The Morgan fingerprint density at radius 2 is 2.29 bits per heavy atom. The zero-order valence-corrected chi connectivity index (χ0v) is 14.2. The zero-order valence-electron chi connectivity index (χ0n) is 13.4. The van der Waals surface area contributed by atoms with Crippen molar-refractivity contribution in [3.05, 3.63) is 35.5 Å². The number of amides is 1. The Bertz CT molecular complexity index is 722. The molecule has 1 aliphatic rings. The molecular formula is C18H21ClN2O3. The molecule has 1 aromatic heterocycles. The Morgan fingerprint density at radius 1 is 1.42 bits per heavy atom. The van der Waals surface area contributed by atoms with Gasteiger partial charge in [-0.25, -0.2) is 0 Å². The molecule has 1 atom stereocenters. The highest BCUT2D eigenvalue weighted by Crippen LogP contribution is 2.30. The summed E-state index contributed by atoms with van der Waals surface area (Å²) in [4.78, 5) is 18.7. The summed E-state index contributed by atoms with van der Waals surface area (Å²) in [5.74, 6) is 0.545.